The molecule has 0 saturated carbocycles. The van der Waals surface area contributed by atoms with Crippen LogP contribution in [0.15, 0.2) is 30.5 Å². The van der Waals surface area contributed by atoms with Crippen LogP contribution in [0.3, 0.4) is 0 Å². The van der Waals surface area contributed by atoms with Gasteiger partial charge in [-0.15, -0.1) is 0 Å². The summed E-state index contributed by atoms with van der Waals surface area (Å²) in [5.41, 5.74) is 1.60. The summed E-state index contributed by atoms with van der Waals surface area (Å²) in [5.74, 6) is -1.55. The molecule has 0 radical (unpaired) electrons. The van der Waals surface area contributed by atoms with E-state index in [1.54, 1.807) is 11.6 Å². The fourth-order valence-corrected chi connectivity index (χ4v) is 2.08. The molecule has 1 aromatic carbocycles. The SMILES string of the molecule is Cc1ccccc1-n1ncc(C(=O)NC(C)(C)C(=O)O)c1C. The highest BCUT2D eigenvalue weighted by Crippen LogP contribution is 2.18. The Morgan fingerprint density at radius 1 is 1.23 bits per heavy atom. The van der Waals surface area contributed by atoms with Crippen molar-refractivity contribution in [2.45, 2.75) is 33.2 Å². The van der Waals surface area contributed by atoms with Gasteiger partial charge in [-0.1, -0.05) is 18.2 Å². The Bertz CT molecular complexity index is 732. The first-order valence-electron chi connectivity index (χ1n) is 6.90. The topological polar surface area (TPSA) is 84.2 Å². The Morgan fingerprint density at radius 2 is 1.86 bits per heavy atom. The Morgan fingerprint density at radius 3 is 2.45 bits per heavy atom. The van der Waals surface area contributed by atoms with E-state index in [0.717, 1.165) is 11.3 Å². The molecule has 0 spiro atoms. The summed E-state index contributed by atoms with van der Waals surface area (Å²) in [7, 11) is 0. The molecule has 1 amide bonds. The fraction of sp³-hybridized carbons (Fsp3) is 0.312. The molecular formula is C16H19N3O3. The van der Waals surface area contributed by atoms with Gasteiger partial charge in [-0.2, -0.15) is 5.10 Å². The predicted octanol–water partition coefficient (Wildman–Crippen LogP) is 2.08. The zero-order valence-corrected chi connectivity index (χ0v) is 13.0. The predicted molar refractivity (Wildman–Crippen MR) is 82.2 cm³/mol. The van der Waals surface area contributed by atoms with Gasteiger partial charge in [-0.3, -0.25) is 4.79 Å². The second kappa shape index (κ2) is 5.63. The summed E-state index contributed by atoms with van der Waals surface area (Å²) in [6.45, 7) is 6.62. The monoisotopic (exact) mass is 301 g/mol. The lowest BCUT2D eigenvalue weighted by molar-refractivity contribution is -0.143. The van der Waals surface area contributed by atoms with E-state index in [1.807, 2.05) is 31.2 Å². The molecule has 22 heavy (non-hydrogen) atoms. The van der Waals surface area contributed by atoms with Crippen LogP contribution in [0.2, 0.25) is 0 Å². The summed E-state index contributed by atoms with van der Waals surface area (Å²) >= 11 is 0. The number of aryl methyl sites for hydroxylation is 1. The van der Waals surface area contributed by atoms with E-state index >= 15 is 0 Å². The van der Waals surface area contributed by atoms with Crippen molar-refractivity contribution in [2.24, 2.45) is 0 Å². The molecule has 116 valence electrons. The van der Waals surface area contributed by atoms with Gasteiger partial charge < -0.3 is 10.4 Å². The Hall–Kier alpha value is -2.63. The Labute approximate surface area is 128 Å². The minimum absolute atomic E-state index is 0.359. The van der Waals surface area contributed by atoms with Gasteiger partial charge in [-0.25, -0.2) is 9.48 Å². The number of carbonyl (C=O) groups is 2. The Balaban J connectivity index is 2.34. The molecular weight excluding hydrogens is 282 g/mol. The van der Waals surface area contributed by atoms with E-state index in [2.05, 4.69) is 10.4 Å². The van der Waals surface area contributed by atoms with Gasteiger partial charge in [0.15, 0.2) is 0 Å². The van der Waals surface area contributed by atoms with Crippen LogP contribution in [0.5, 0.6) is 0 Å². The molecule has 6 nitrogen and oxygen atoms in total. The molecule has 0 aliphatic carbocycles. The van der Waals surface area contributed by atoms with Gasteiger partial charge in [0.1, 0.15) is 5.54 Å². The number of carbonyl (C=O) groups excluding carboxylic acids is 1. The zero-order chi connectivity index (χ0) is 16.5. The lowest BCUT2D eigenvalue weighted by atomic mass is 10.1. The van der Waals surface area contributed by atoms with Gasteiger partial charge in [0.05, 0.1) is 23.1 Å². The van der Waals surface area contributed by atoms with Gasteiger partial charge in [-0.05, 0) is 39.3 Å². The maximum atomic E-state index is 12.3. The third kappa shape index (κ3) is 2.86. The second-order valence-electron chi connectivity index (χ2n) is 5.73. The molecule has 0 aliphatic rings. The minimum Gasteiger partial charge on any atom is -0.480 e. The number of benzene rings is 1. The summed E-state index contributed by atoms with van der Waals surface area (Å²) in [6, 6.07) is 7.71. The molecule has 2 N–H and O–H groups in total. The molecule has 0 bridgehead atoms. The summed E-state index contributed by atoms with van der Waals surface area (Å²) in [4.78, 5) is 23.4. The van der Waals surface area contributed by atoms with Gasteiger partial charge >= 0.3 is 5.97 Å². The molecule has 0 atom stereocenters. The van der Waals surface area contributed by atoms with Crippen LogP contribution in [-0.4, -0.2) is 32.3 Å². The third-order valence-corrected chi connectivity index (χ3v) is 3.56. The number of hydrogen-bond donors (Lipinski definition) is 2. The van der Waals surface area contributed by atoms with E-state index in [-0.39, 0.29) is 0 Å². The molecule has 0 unspecified atom stereocenters. The quantitative estimate of drug-likeness (QED) is 0.905. The number of aromatic nitrogens is 2. The van der Waals surface area contributed by atoms with Crippen molar-refractivity contribution in [3.63, 3.8) is 0 Å². The molecule has 6 heteroatoms. The standard InChI is InChI=1S/C16H19N3O3/c1-10-7-5-6-8-13(10)19-11(2)12(9-17-19)14(20)18-16(3,4)15(21)22/h5-9H,1-4H3,(H,18,20)(H,21,22). The smallest absolute Gasteiger partial charge is 0.328 e. The normalized spacial score (nSPS) is 11.3. The average molecular weight is 301 g/mol. The fourth-order valence-electron chi connectivity index (χ4n) is 2.08. The van der Waals surface area contributed by atoms with Crippen molar-refractivity contribution in [3.8, 4) is 5.69 Å². The van der Waals surface area contributed by atoms with Crippen molar-refractivity contribution < 1.29 is 14.7 Å². The number of nitrogens with zero attached hydrogens (tertiary/aromatic N) is 2. The lowest BCUT2D eigenvalue weighted by Gasteiger charge is -2.20. The van der Waals surface area contributed by atoms with Crippen LogP contribution in [0.1, 0.15) is 35.5 Å². The number of carboxylic acid groups (broad SMARTS) is 1. The van der Waals surface area contributed by atoms with Crippen molar-refractivity contribution >= 4 is 11.9 Å². The maximum Gasteiger partial charge on any atom is 0.328 e. The number of rotatable bonds is 4. The van der Waals surface area contributed by atoms with Crippen molar-refractivity contribution in [1.29, 1.82) is 0 Å². The number of carboxylic acids is 1. The molecule has 0 fully saturated rings. The average Bonchev–Trinajstić information content (AvgIpc) is 2.80. The van der Waals surface area contributed by atoms with Crippen LogP contribution in [0.4, 0.5) is 0 Å². The maximum absolute atomic E-state index is 12.3. The largest absolute Gasteiger partial charge is 0.480 e. The van der Waals surface area contributed by atoms with Crippen LogP contribution in [-0.2, 0) is 4.79 Å². The van der Waals surface area contributed by atoms with E-state index in [0.29, 0.717) is 11.3 Å². The minimum atomic E-state index is -1.34. The van der Waals surface area contributed by atoms with Crippen molar-refractivity contribution in [2.75, 3.05) is 0 Å². The summed E-state index contributed by atoms with van der Waals surface area (Å²) in [6.07, 6.45) is 1.45. The van der Waals surface area contributed by atoms with E-state index in [9.17, 15) is 9.59 Å². The zero-order valence-electron chi connectivity index (χ0n) is 13.0. The van der Waals surface area contributed by atoms with Crippen LogP contribution in [0.25, 0.3) is 5.69 Å². The third-order valence-electron chi connectivity index (χ3n) is 3.56. The first kappa shape index (κ1) is 15.8. The molecule has 2 aromatic rings. The van der Waals surface area contributed by atoms with E-state index in [1.165, 1.54) is 20.0 Å². The van der Waals surface area contributed by atoms with Crippen LogP contribution >= 0.6 is 0 Å². The number of nitrogens with one attached hydrogen (secondary N) is 1. The number of para-hydroxylation sites is 1. The van der Waals surface area contributed by atoms with Crippen LogP contribution in [0, 0.1) is 13.8 Å². The van der Waals surface area contributed by atoms with Crippen LogP contribution < -0.4 is 5.32 Å². The van der Waals surface area contributed by atoms with Crippen molar-refractivity contribution in [3.05, 3.63) is 47.3 Å². The van der Waals surface area contributed by atoms with Gasteiger partial charge in [0.2, 0.25) is 0 Å². The molecule has 1 aromatic heterocycles. The number of amides is 1. The lowest BCUT2D eigenvalue weighted by Crippen LogP contribution is -2.49. The molecule has 0 saturated heterocycles. The Kier molecular flexibility index (Phi) is 4.03. The highest BCUT2D eigenvalue weighted by Gasteiger charge is 2.30. The summed E-state index contributed by atoms with van der Waals surface area (Å²) in [5, 5.41) is 15.8. The van der Waals surface area contributed by atoms with E-state index in [4.69, 9.17) is 5.11 Å². The van der Waals surface area contributed by atoms with Gasteiger partial charge in [0, 0.05) is 0 Å². The van der Waals surface area contributed by atoms with E-state index < -0.39 is 17.4 Å². The molecule has 1 heterocycles. The first-order chi connectivity index (χ1) is 10.2. The molecule has 0 aliphatic heterocycles. The summed E-state index contributed by atoms with van der Waals surface area (Å²) < 4.78 is 1.68. The highest BCUT2D eigenvalue weighted by molar-refractivity contribution is 5.98. The van der Waals surface area contributed by atoms with Crippen molar-refractivity contribution in [1.82, 2.24) is 15.1 Å². The molecule has 2 rings (SSSR count). The number of aliphatic carboxylic acids is 1. The second-order valence-corrected chi connectivity index (χ2v) is 5.73. The van der Waals surface area contributed by atoms with Gasteiger partial charge in [0.25, 0.3) is 5.91 Å². The highest BCUT2D eigenvalue weighted by atomic mass is 16.4. The number of hydrogen-bond acceptors (Lipinski definition) is 3. The first-order valence-corrected chi connectivity index (χ1v) is 6.90.